The molecular formula is C14H18O5S. The van der Waals surface area contributed by atoms with Crippen molar-refractivity contribution in [3.05, 3.63) is 35.4 Å². The molecule has 0 aliphatic rings. The molecule has 5 nitrogen and oxygen atoms in total. The Labute approximate surface area is 123 Å². The lowest BCUT2D eigenvalue weighted by Gasteiger charge is -2.16. The molecule has 0 bridgehead atoms. The summed E-state index contributed by atoms with van der Waals surface area (Å²) in [5.74, 6) is -0.463. The van der Waals surface area contributed by atoms with Crippen LogP contribution >= 0.6 is 12.6 Å². The largest absolute Gasteiger partial charge is 0.469 e. The molecule has 2 N–H and O–H groups in total. The van der Waals surface area contributed by atoms with Gasteiger partial charge in [-0.25, -0.2) is 0 Å². The first-order chi connectivity index (χ1) is 9.49. The predicted octanol–water partition coefficient (Wildman–Crippen LogP) is 1.15. The second-order valence-electron chi connectivity index (χ2n) is 4.32. The molecule has 110 valence electrons. The van der Waals surface area contributed by atoms with E-state index >= 15 is 0 Å². The highest BCUT2D eigenvalue weighted by atomic mass is 32.1. The number of thiol groups is 1. The summed E-state index contributed by atoms with van der Waals surface area (Å²) in [6, 6.07) is 6.26. The van der Waals surface area contributed by atoms with Crippen LogP contribution in [0.1, 0.15) is 34.9 Å². The highest BCUT2D eigenvalue weighted by Crippen LogP contribution is 2.19. The van der Waals surface area contributed by atoms with E-state index in [0.717, 1.165) is 0 Å². The number of ketones is 1. The molecule has 20 heavy (non-hydrogen) atoms. The molecule has 0 aromatic heterocycles. The minimum atomic E-state index is -1.04. The second kappa shape index (κ2) is 8.04. The maximum absolute atomic E-state index is 11.8. The van der Waals surface area contributed by atoms with E-state index in [1.807, 2.05) is 0 Å². The molecule has 0 amide bonds. The van der Waals surface area contributed by atoms with Gasteiger partial charge in [0.1, 0.15) is 6.10 Å². The first kappa shape index (κ1) is 16.7. The van der Waals surface area contributed by atoms with Gasteiger partial charge in [-0.15, -0.1) is 0 Å². The van der Waals surface area contributed by atoms with Crippen LogP contribution in [0.2, 0.25) is 0 Å². The number of aliphatic hydroxyl groups is 2. The van der Waals surface area contributed by atoms with Gasteiger partial charge in [0.25, 0.3) is 0 Å². The van der Waals surface area contributed by atoms with Crippen LogP contribution in [-0.4, -0.2) is 40.9 Å². The minimum absolute atomic E-state index is 0.0398. The van der Waals surface area contributed by atoms with Crippen LogP contribution in [0.4, 0.5) is 0 Å². The van der Waals surface area contributed by atoms with Gasteiger partial charge in [-0.3, -0.25) is 9.59 Å². The number of hydrogen-bond acceptors (Lipinski definition) is 6. The van der Waals surface area contributed by atoms with Gasteiger partial charge in [0.15, 0.2) is 5.78 Å². The number of esters is 1. The SMILES string of the molecule is COC(=O)CCC(=O)c1ccc(C(O)C(O)CS)cc1. The van der Waals surface area contributed by atoms with Crippen molar-refractivity contribution in [2.45, 2.75) is 25.0 Å². The van der Waals surface area contributed by atoms with Gasteiger partial charge in [-0.05, 0) is 5.56 Å². The second-order valence-corrected chi connectivity index (χ2v) is 4.68. The highest BCUT2D eigenvalue weighted by molar-refractivity contribution is 7.80. The van der Waals surface area contributed by atoms with Crippen molar-refractivity contribution in [2.75, 3.05) is 12.9 Å². The monoisotopic (exact) mass is 298 g/mol. The third-order valence-corrected chi connectivity index (χ3v) is 3.28. The molecule has 0 heterocycles. The Kier molecular flexibility index (Phi) is 6.70. The molecule has 1 rings (SSSR count). The van der Waals surface area contributed by atoms with Crippen LogP contribution in [-0.2, 0) is 9.53 Å². The number of rotatable bonds is 7. The van der Waals surface area contributed by atoms with E-state index < -0.39 is 18.2 Å². The summed E-state index contributed by atoms with van der Waals surface area (Å²) < 4.78 is 4.47. The normalized spacial score (nSPS) is 13.6. The Balaban J connectivity index is 2.66. The van der Waals surface area contributed by atoms with Crippen LogP contribution in [0.25, 0.3) is 0 Å². The summed E-state index contributed by atoms with van der Waals surface area (Å²) in [5, 5.41) is 19.3. The number of hydrogen-bond donors (Lipinski definition) is 3. The van der Waals surface area contributed by atoms with E-state index in [1.165, 1.54) is 7.11 Å². The quantitative estimate of drug-likeness (QED) is 0.399. The fourth-order valence-corrected chi connectivity index (χ4v) is 1.85. The standard InChI is InChI=1S/C14H18O5S/c1-19-13(17)7-6-11(15)9-2-4-10(5-3-9)14(18)12(16)8-20/h2-5,12,14,16,18,20H,6-8H2,1H3. The first-order valence-corrected chi connectivity index (χ1v) is 6.79. The fourth-order valence-electron chi connectivity index (χ4n) is 1.65. The maximum atomic E-state index is 11.8. The van der Waals surface area contributed by atoms with Crippen LogP contribution in [0.3, 0.4) is 0 Å². The van der Waals surface area contributed by atoms with Crippen LogP contribution in [0.15, 0.2) is 24.3 Å². The molecule has 6 heteroatoms. The average Bonchev–Trinajstić information content (AvgIpc) is 2.50. The van der Waals surface area contributed by atoms with Crippen molar-refractivity contribution < 1.29 is 24.5 Å². The van der Waals surface area contributed by atoms with E-state index in [-0.39, 0.29) is 24.4 Å². The van der Waals surface area contributed by atoms with E-state index in [9.17, 15) is 19.8 Å². The Bertz CT molecular complexity index is 457. The zero-order valence-corrected chi connectivity index (χ0v) is 12.0. The lowest BCUT2D eigenvalue weighted by Crippen LogP contribution is -2.19. The summed E-state index contributed by atoms with van der Waals surface area (Å²) in [6.07, 6.45) is -1.88. The Hall–Kier alpha value is -1.37. The molecular weight excluding hydrogens is 280 g/mol. The molecule has 0 spiro atoms. The topological polar surface area (TPSA) is 83.8 Å². The van der Waals surface area contributed by atoms with Gasteiger partial charge in [-0.2, -0.15) is 12.6 Å². The Morgan fingerprint density at radius 2 is 1.80 bits per heavy atom. The van der Waals surface area contributed by atoms with Crippen molar-refractivity contribution in [1.82, 2.24) is 0 Å². The molecule has 0 aliphatic heterocycles. The number of Topliss-reactive ketones (excluding diaryl/α,β-unsaturated/α-hetero) is 1. The third kappa shape index (κ3) is 4.63. The van der Waals surface area contributed by atoms with Crippen molar-refractivity contribution in [2.24, 2.45) is 0 Å². The van der Waals surface area contributed by atoms with Gasteiger partial charge >= 0.3 is 5.97 Å². The van der Waals surface area contributed by atoms with E-state index in [0.29, 0.717) is 11.1 Å². The number of benzene rings is 1. The molecule has 2 atom stereocenters. The molecule has 0 saturated heterocycles. The summed E-state index contributed by atoms with van der Waals surface area (Å²) in [5.41, 5.74) is 0.960. The Morgan fingerprint density at radius 3 is 2.30 bits per heavy atom. The summed E-state index contributed by atoms with van der Waals surface area (Å²) in [6.45, 7) is 0. The van der Waals surface area contributed by atoms with Crippen molar-refractivity contribution >= 4 is 24.4 Å². The molecule has 1 aromatic rings. The van der Waals surface area contributed by atoms with Gasteiger partial charge in [0.2, 0.25) is 0 Å². The summed E-state index contributed by atoms with van der Waals surface area (Å²) in [7, 11) is 1.27. The van der Waals surface area contributed by atoms with E-state index in [2.05, 4.69) is 17.4 Å². The van der Waals surface area contributed by atoms with Crippen molar-refractivity contribution in [1.29, 1.82) is 0 Å². The van der Waals surface area contributed by atoms with Gasteiger partial charge < -0.3 is 14.9 Å². The highest BCUT2D eigenvalue weighted by Gasteiger charge is 2.17. The van der Waals surface area contributed by atoms with Gasteiger partial charge in [-0.1, -0.05) is 24.3 Å². The molecule has 0 fully saturated rings. The summed E-state index contributed by atoms with van der Waals surface area (Å²) >= 11 is 3.91. The number of aliphatic hydroxyl groups excluding tert-OH is 2. The van der Waals surface area contributed by atoms with Crippen LogP contribution in [0, 0.1) is 0 Å². The van der Waals surface area contributed by atoms with Gasteiger partial charge in [0, 0.05) is 17.7 Å². The number of carbonyl (C=O) groups is 2. The lowest BCUT2D eigenvalue weighted by molar-refractivity contribution is -0.140. The maximum Gasteiger partial charge on any atom is 0.305 e. The van der Waals surface area contributed by atoms with Gasteiger partial charge in [0.05, 0.1) is 19.6 Å². The molecule has 0 saturated carbocycles. The first-order valence-electron chi connectivity index (χ1n) is 6.16. The zero-order valence-electron chi connectivity index (χ0n) is 11.2. The van der Waals surface area contributed by atoms with Crippen LogP contribution in [0.5, 0.6) is 0 Å². The summed E-state index contributed by atoms with van der Waals surface area (Å²) in [4.78, 5) is 22.8. The molecule has 1 aromatic carbocycles. The fraction of sp³-hybridized carbons (Fsp3) is 0.429. The van der Waals surface area contributed by atoms with Crippen molar-refractivity contribution in [3.8, 4) is 0 Å². The zero-order chi connectivity index (χ0) is 15.1. The molecule has 2 unspecified atom stereocenters. The number of methoxy groups -OCH3 is 1. The predicted molar refractivity (Wildman–Crippen MR) is 76.8 cm³/mol. The lowest BCUT2D eigenvalue weighted by atomic mass is 10.0. The van der Waals surface area contributed by atoms with E-state index in [1.54, 1.807) is 24.3 Å². The average molecular weight is 298 g/mol. The number of carbonyl (C=O) groups excluding carboxylic acids is 2. The molecule has 0 radical (unpaired) electrons. The van der Waals surface area contributed by atoms with Crippen LogP contribution < -0.4 is 0 Å². The number of ether oxygens (including phenoxy) is 1. The van der Waals surface area contributed by atoms with Crippen molar-refractivity contribution in [3.63, 3.8) is 0 Å². The van der Waals surface area contributed by atoms with E-state index in [4.69, 9.17) is 0 Å². The molecule has 0 aliphatic carbocycles. The Morgan fingerprint density at radius 1 is 1.20 bits per heavy atom. The third-order valence-electron chi connectivity index (χ3n) is 2.91. The smallest absolute Gasteiger partial charge is 0.305 e. The minimum Gasteiger partial charge on any atom is -0.469 e.